The Labute approximate surface area is 144 Å². The molecule has 0 aliphatic carbocycles. The lowest BCUT2D eigenvalue weighted by Gasteiger charge is -2.34. The minimum Gasteiger partial charge on any atom is -0.506 e. The number of phenolic OH excluding ortho intramolecular Hbond substituents is 1. The van der Waals surface area contributed by atoms with Crippen LogP contribution in [0.2, 0.25) is 5.02 Å². The van der Waals surface area contributed by atoms with Crippen molar-refractivity contribution in [1.29, 1.82) is 0 Å². The maximum absolute atomic E-state index is 9.51. The van der Waals surface area contributed by atoms with Crippen molar-refractivity contribution >= 4 is 11.6 Å². The van der Waals surface area contributed by atoms with Gasteiger partial charge in [-0.1, -0.05) is 31.5 Å². The molecule has 0 aromatic heterocycles. The summed E-state index contributed by atoms with van der Waals surface area (Å²) in [7, 11) is 0. The van der Waals surface area contributed by atoms with Crippen molar-refractivity contribution in [3.8, 4) is 5.75 Å². The Morgan fingerprint density at radius 3 is 2.61 bits per heavy atom. The van der Waals surface area contributed by atoms with Crippen LogP contribution in [0.25, 0.3) is 0 Å². The lowest BCUT2D eigenvalue weighted by atomic mass is 9.85. The summed E-state index contributed by atoms with van der Waals surface area (Å²) in [5.74, 6) is 1.62. The van der Waals surface area contributed by atoms with E-state index in [9.17, 15) is 5.11 Å². The van der Waals surface area contributed by atoms with E-state index in [1.807, 2.05) is 12.1 Å². The number of piperidine rings is 1. The smallest absolute Gasteiger partial charge is 0.134 e. The number of rotatable bonds is 4. The van der Waals surface area contributed by atoms with E-state index in [-0.39, 0.29) is 5.75 Å². The van der Waals surface area contributed by atoms with Crippen LogP contribution in [0.3, 0.4) is 0 Å². The molecule has 0 saturated carbocycles. The van der Waals surface area contributed by atoms with Gasteiger partial charge in [0.25, 0.3) is 0 Å². The molecule has 4 nitrogen and oxygen atoms in total. The zero-order valence-electron chi connectivity index (χ0n) is 14.1. The van der Waals surface area contributed by atoms with Gasteiger partial charge in [-0.05, 0) is 61.9 Å². The average molecular weight is 338 g/mol. The molecular weight excluding hydrogens is 310 g/mol. The van der Waals surface area contributed by atoms with Crippen molar-refractivity contribution in [2.75, 3.05) is 13.1 Å². The molecule has 5 heteroatoms. The van der Waals surface area contributed by atoms with Crippen LogP contribution in [0, 0.1) is 11.8 Å². The summed E-state index contributed by atoms with van der Waals surface area (Å²) in [6.45, 7) is 7.75. The van der Waals surface area contributed by atoms with E-state index in [1.165, 1.54) is 24.8 Å². The zero-order chi connectivity index (χ0) is 16.4. The number of aromatic hydroxyl groups is 1. The minimum absolute atomic E-state index is 0.161. The summed E-state index contributed by atoms with van der Waals surface area (Å²) in [5.41, 5.74) is 8.16. The van der Waals surface area contributed by atoms with Gasteiger partial charge in [0, 0.05) is 18.6 Å². The molecule has 2 saturated heterocycles. The average Bonchev–Trinajstić information content (AvgIpc) is 3.02. The first-order valence-electron chi connectivity index (χ1n) is 8.73. The molecule has 2 aliphatic heterocycles. The summed E-state index contributed by atoms with van der Waals surface area (Å²) in [4.78, 5) is 2.49. The normalized spacial score (nSPS) is 27.0. The lowest BCUT2D eigenvalue weighted by Crippen LogP contribution is -2.42. The van der Waals surface area contributed by atoms with Gasteiger partial charge in [0.2, 0.25) is 0 Å². The summed E-state index contributed by atoms with van der Waals surface area (Å²) < 4.78 is 0. The quantitative estimate of drug-likeness (QED) is 0.790. The van der Waals surface area contributed by atoms with Gasteiger partial charge in [0.15, 0.2) is 0 Å². The number of hydrazine groups is 1. The van der Waals surface area contributed by atoms with Crippen molar-refractivity contribution in [2.24, 2.45) is 11.8 Å². The van der Waals surface area contributed by atoms with Gasteiger partial charge >= 0.3 is 0 Å². The van der Waals surface area contributed by atoms with E-state index in [4.69, 9.17) is 11.6 Å². The lowest BCUT2D eigenvalue weighted by molar-refractivity contribution is 0.155. The Kier molecular flexibility index (Phi) is 5.47. The first-order chi connectivity index (χ1) is 11.0. The number of hydrogen-bond acceptors (Lipinski definition) is 4. The van der Waals surface area contributed by atoms with Crippen LogP contribution >= 0.6 is 11.6 Å². The van der Waals surface area contributed by atoms with Crippen LogP contribution in [0.1, 0.15) is 38.7 Å². The number of halogens is 1. The number of nitrogens with zero attached hydrogens (tertiary/aromatic N) is 1. The summed E-state index contributed by atoms with van der Waals surface area (Å²) >= 11 is 6.00. The summed E-state index contributed by atoms with van der Waals surface area (Å²) in [6, 6.07) is 6.75. The molecule has 2 unspecified atom stereocenters. The molecule has 3 rings (SSSR count). The van der Waals surface area contributed by atoms with E-state index in [0.717, 1.165) is 25.6 Å². The number of hydrogen-bond donors (Lipinski definition) is 3. The Hall–Kier alpha value is -0.810. The summed E-state index contributed by atoms with van der Waals surface area (Å²) in [6.07, 6.45) is 3.74. The maximum atomic E-state index is 9.51. The Balaban J connectivity index is 1.48. The topological polar surface area (TPSA) is 47.5 Å². The SMILES string of the molecule is CC(C)C1CC(C2CCN(Cc3ccc(O)c(Cl)c3)CC2)NN1. The van der Waals surface area contributed by atoms with Gasteiger partial charge < -0.3 is 5.11 Å². The fraction of sp³-hybridized carbons (Fsp3) is 0.667. The molecule has 0 spiro atoms. The van der Waals surface area contributed by atoms with Crippen LogP contribution in [0.5, 0.6) is 5.75 Å². The van der Waals surface area contributed by atoms with Crippen LogP contribution < -0.4 is 10.9 Å². The van der Waals surface area contributed by atoms with Crippen molar-refractivity contribution in [3.63, 3.8) is 0 Å². The predicted octanol–water partition coefficient (Wildman–Crippen LogP) is 3.15. The molecule has 0 radical (unpaired) electrons. The highest BCUT2D eigenvalue weighted by molar-refractivity contribution is 6.32. The molecule has 0 bridgehead atoms. The van der Waals surface area contributed by atoms with Gasteiger partial charge in [-0.2, -0.15) is 0 Å². The molecule has 3 N–H and O–H groups in total. The standard InChI is InChI=1S/C18H28ClN3O/c1-12(2)16-10-17(21-20-16)14-5-7-22(8-6-14)11-13-3-4-18(23)15(19)9-13/h3-4,9,12,14,16-17,20-21,23H,5-8,10-11H2,1-2H3. The largest absolute Gasteiger partial charge is 0.506 e. The van der Waals surface area contributed by atoms with E-state index in [0.29, 0.717) is 23.0 Å². The molecule has 2 fully saturated rings. The minimum atomic E-state index is 0.161. The van der Waals surface area contributed by atoms with E-state index in [2.05, 4.69) is 29.6 Å². The van der Waals surface area contributed by atoms with Crippen molar-refractivity contribution < 1.29 is 5.11 Å². The molecule has 23 heavy (non-hydrogen) atoms. The fourth-order valence-electron chi connectivity index (χ4n) is 3.78. The van der Waals surface area contributed by atoms with E-state index < -0.39 is 0 Å². The van der Waals surface area contributed by atoms with Crippen LogP contribution in [-0.2, 0) is 6.54 Å². The second-order valence-electron chi connectivity index (χ2n) is 7.38. The highest BCUT2D eigenvalue weighted by Gasteiger charge is 2.33. The van der Waals surface area contributed by atoms with Crippen molar-refractivity contribution in [2.45, 2.75) is 51.7 Å². The predicted molar refractivity (Wildman–Crippen MR) is 94.4 cm³/mol. The Bertz CT molecular complexity index is 529. The highest BCUT2D eigenvalue weighted by atomic mass is 35.5. The maximum Gasteiger partial charge on any atom is 0.134 e. The molecule has 2 aliphatic rings. The first kappa shape index (κ1) is 17.0. The van der Waals surface area contributed by atoms with Gasteiger partial charge in [0.05, 0.1) is 5.02 Å². The van der Waals surface area contributed by atoms with Crippen molar-refractivity contribution in [1.82, 2.24) is 15.8 Å². The summed E-state index contributed by atoms with van der Waals surface area (Å²) in [5, 5.41) is 9.95. The van der Waals surface area contributed by atoms with Gasteiger partial charge in [-0.15, -0.1) is 0 Å². The number of benzene rings is 1. The second-order valence-corrected chi connectivity index (χ2v) is 7.79. The molecular formula is C18H28ClN3O. The van der Waals surface area contributed by atoms with E-state index in [1.54, 1.807) is 6.07 Å². The molecule has 1 aromatic rings. The highest BCUT2D eigenvalue weighted by Crippen LogP contribution is 2.29. The number of likely N-dealkylation sites (tertiary alicyclic amines) is 1. The molecule has 1 aromatic carbocycles. The molecule has 0 amide bonds. The number of nitrogens with one attached hydrogen (secondary N) is 2. The third-order valence-corrected chi connectivity index (χ3v) is 5.69. The third-order valence-electron chi connectivity index (χ3n) is 5.39. The Morgan fingerprint density at radius 2 is 2.00 bits per heavy atom. The third kappa shape index (κ3) is 4.18. The second kappa shape index (κ2) is 7.39. The first-order valence-corrected chi connectivity index (χ1v) is 9.11. The van der Waals surface area contributed by atoms with Gasteiger partial charge in [-0.3, -0.25) is 15.8 Å². The van der Waals surface area contributed by atoms with E-state index >= 15 is 0 Å². The van der Waals surface area contributed by atoms with Crippen molar-refractivity contribution in [3.05, 3.63) is 28.8 Å². The van der Waals surface area contributed by atoms with Gasteiger partial charge in [0.1, 0.15) is 5.75 Å². The van der Waals surface area contributed by atoms with Crippen LogP contribution in [0.15, 0.2) is 18.2 Å². The molecule has 2 heterocycles. The monoisotopic (exact) mass is 337 g/mol. The number of phenols is 1. The fourth-order valence-corrected chi connectivity index (χ4v) is 3.98. The van der Waals surface area contributed by atoms with Crippen LogP contribution in [-0.4, -0.2) is 35.2 Å². The molecule has 128 valence electrons. The van der Waals surface area contributed by atoms with Gasteiger partial charge in [-0.25, -0.2) is 0 Å². The zero-order valence-corrected chi connectivity index (χ0v) is 14.8. The van der Waals surface area contributed by atoms with Crippen LogP contribution in [0.4, 0.5) is 0 Å². The Morgan fingerprint density at radius 1 is 1.26 bits per heavy atom. The molecule has 2 atom stereocenters.